The molecule has 1 heterocycles. The van der Waals surface area contributed by atoms with E-state index in [1.54, 1.807) is 61.7 Å². The van der Waals surface area contributed by atoms with Crippen LogP contribution in [0.15, 0.2) is 59.5 Å². The highest BCUT2D eigenvalue weighted by atomic mass is 35.5. The minimum atomic E-state index is -3.79. The van der Waals surface area contributed by atoms with Gasteiger partial charge in [0.15, 0.2) is 0 Å². The molecule has 1 atom stereocenters. The largest absolute Gasteiger partial charge is 1.00 e. The summed E-state index contributed by atoms with van der Waals surface area (Å²) >= 11 is 0. The van der Waals surface area contributed by atoms with E-state index in [0.29, 0.717) is 18.0 Å². The van der Waals surface area contributed by atoms with Crippen molar-refractivity contribution < 1.29 is 35.6 Å². The number of methoxy groups -OCH3 is 1. The van der Waals surface area contributed by atoms with Gasteiger partial charge in [0.2, 0.25) is 0 Å². The molecule has 0 amide bonds. The summed E-state index contributed by atoms with van der Waals surface area (Å²) in [5.74, 6) is 0.652. The van der Waals surface area contributed by atoms with E-state index in [0.717, 1.165) is 25.9 Å². The summed E-state index contributed by atoms with van der Waals surface area (Å²) in [6.45, 7) is 2.64. The number of likely N-dealkylation sites (tertiary alicyclic amines) is 1. The van der Waals surface area contributed by atoms with Crippen molar-refractivity contribution >= 4 is 15.7 Å². The summed E-state index contributed by atoms with van der Waals surface area (Å²) in [6.07, 6.45) is 2.81. The number of anilines is 1. The van der Waals surface area contributed by atoms with Crippen LogP contribution in [0.1, 0.15) is 19.3 Å². The van der Waals surface area contributed by atoms with E-state index in [1.807, 2.05) is 0 Å². The third kappa shape index (κ3) is 6.09. The van der Waals surface area contributed by atoms with Crippen LogP contribution in [0.2, 0.25) is 0 Å². The molecule has 1 unspecified atom stereocenters. The highest BCUT2D eigenvalue weighted by molar-refractivity contribution is 7.92. The van der Waals surface area contributed by atoms with Crippen LogP contribution in [0.5, 0.6) is 5.75 Å². The molecule has 0 radical (unpaired) electrons. The maximum atomic E-state index is 13.3. The van der Waals surface area contributed by atoms with E-state index in [-0.39, 0.29) is 23.8 Å². The summed E-state index contributed by atoms with van der Waals surface area (Å²) in [4.78, 5) is 1.55. The molecule has 0 bridgehead atoms. The molecule has 1 aliphatic heterocycles. The molecule has 8 heteroatoms. The highest BCUT2D eigenvalue weighted by Gasteiger charge is 2.29. The number of piperidine rings is 1. The van der Waals surface area contributed by atoms with Gasteiger partial charge in [0.1, 0.15) is 18.4 Å². The number of nitrogens with zero attached hydrogens (tertiary/aromatic N) is 1. The Morgan fingerprint density at radius 2 is 1.66 bits per heavy atom. The van der Waals surface area contributed by atoms with Crippen molar-refractivity contribution in [3.05, 3.63) is 54.6 Å². The maximum absolute atomic E-state index is 13.3. The molecule has 1 saturated heterocycles. The lowest BCUT2D eigenvalue weighted by atomic mass is 10.1. The first kappa shape index (κ1) is 23.5. The van der Waals surface area contributed by atoms with Gasteiger partial charge in [-0.2, -0.15) is 0 Å². The van der Waals surface area contributed by atoms with Gasteiger partial charge in [0.05, 0.1) is 37.3 Å². The van der Waals surface area contributed by atoms with Crippen LogP contribution in [-0.2, 0) is 10.0 Å². The van der Waals surface area contributed by atoms with Gasteiger partial charge in [0, 0.05) is 0 Å². The van der Waals surface area contributed by atoms with Crippen LogP contribution >= 0.6 is 0 Å². The quantitative estimate of drug-likeness (QED) is 0.514. The Morgan fingerprint density at radius 1 is 1.03 bits per heavy atom. The smallest absolute Gasteiger partial charge is 0.264 e. The number of quaternary nitrogens is 1. The predicted octanol–water partition coefficient (Wildman–Crippen LogP) is -1.68. The number of sulfonamides is 1. The fraction of sp³-hybridized carbons (Fsp3) is 0.429. The third-order valence-corrected chi connectivity index (χ3v) is 6.96. The molecule has 3 rings (SSSR count). The molecule has 0 aliphatic carbocycles. The van der Waals surface area contributed by atoms with Crippen molar-refractivity contribution in [3.8, 4) is 5.75 Å². The second-order valence-electron chi connectivity index (χ2n) is 7.22. The van der Waals surface area contributed by atoms with Crippen molar-refractivity contribution in [2.24, 2.45) is 0 Å². The van der Waals surface area contributed by atoms with Gasteiger partial charge >= 0.3 is 0 Å². The van der Waals surface area contributed by atoms with E-state index in [4.69, 9.17) is 4.74 Å². The Balaban J connectivity index is 0.00000300. The van der Waals surface area contributed by atoms with Crippen molar-refractivity contribution in [2.45, 2.75) is 30.3 Å². The lowest BCUT2D eigenvalue weighted by Gasteiger charge is -2.30. The third-order valence-electron chi connectivity index (χ3n) is 5.15. The summed E-state index contributed by atoms with van der Waals surface area (Å²) in [5.41, 5.74) is 0.511. The second-order valence-corrected chi connectivity index (χ2v) is 9.08. The van der Waals surface area contributed by atoms with Crippen LogP contribution in [0.4, 0.5) is 5.69 Å². The monoisotopic (exact) mass is 440 g/mol. The Kier molecular flexibility index (Phi) is 8.77. The number of hydrogen-bond acceptors (Lipinski definition) is 4. The Labute approximate surface area is 179 Å². The van der Waals surface area contributed by atoms with Crippen LogP contribution in [0.25, 0.3) is 0 Å². The molecular formula is C21H29ClN2O4S. The van der Waals surface area contributed by atoms with Gasteiger partial charge < -0.3 is 27.2 Å². The number of halogens is 1. The molecule has 0 spiro atoms. The van der Waals surface area contributed by atoms with Crippen LogP contribution in [-0.4, -0.2) is 52.9 Å². The van der Waals surface area contributed by atoms with Crippen molar-refractivity contribution in [3.63, 3.8) is 0 Å². The number of benzene rings is 2. The molecule has 29 heavy (non-hydrogen) atoms. The van der Waals surface area contributed by atoms with E-state index in [2.05, 4.69) is 0 Å². The van der Waals surface area contributed by atoms with Crippen molar-refractivity contribution in [1.82, 2.24) is 0 Å². The van der Waals surface area contributed by atoms with Crippen LogP contribution < -0.4 is 26.3 Å². The van der Waals surface area contributed by atoms with Gasteiger partial charge in [-0.25, -0.2) is 8.42 Å². The van der Waals surface area contributed by atoms with Gasteiger partial charge in [-0.15, -0.1) is 0 Å². The molecule has 2 N–H and O–H groups in total. The lowest BCUT2D eigenvalue weighted by Crippen LogP contribution is -3.14. The molecule has 1 fully saturated rings. The minimum absolute atomic E-state index is 0. The molecule has 160 valence electrons. The summed E-state index contributed by atoms with van der Waals surface area (Å²) in [6, 6.07) is 15.2. The Morgan fingerprint density at radius 3 is 2.24 bits per heavy atom. The zero-order valence-corrected chi connectivity index (χ0v) is 18.2. The van der Waals surface area contributed by atoms with Crippen molar-refractivity contribution in [2.75, 3.05) is 37.6 Å². The van der Waals surface area contributed by atoms with Crippen molar-refractivity contribution in [1.29, 1.82) is 0 Å². The molecule has 0 aromatic heterocycles. The second kappa shape index (κ2) is 10.8. The molecular weight excluding hydrogens is 412 g/mol. The van der Waals surface area contributed by atoms with E-state index in [1.165, 1.54) is 15.6 Å². The summed E-state index contributed by atoms with van der Waals surface area (Å²) in [5, 5.41) is 10.7. The fourth-order valence-electron chi connectivity index (χ4n) is 3.66. The van der Waals surface area contributed by atoms with E-state index >= 15 is 0 Å². The number of hydrogen-bond donors (Lipinski definition) is 2. The zero-order valence-electron chi connectivity index (χ0n) is 16.6. The maximum Gasteiger partial charge on any atom is 0.264 e. The minimum Gasteiger partial charge on any atom is -1.00 e. The first-order chi connectivity index (χ1) is 13.5. The average molecular weight is 441 g/mol. The van der Waals surface area contributed by atoms with Gasteiger partial charge in [0.25, 0.3) is 10.0 Å². The SMILES string of the molecule is COc1ccc(N(CC(O)C[NH+]2CCCCC2)S(=O)(=O)c2ccccc2)cc1.[Cl-]. The Hall–Kier alpha value is -1.80. The molecule has 1 aliphatic rings. The lowest BCUT2D eigenvalue weighted by molar-refractivity contribution is -0.907. The molecule has 0 saturated carbocycles. The number of ether oxygens (including phenoxy) is 1. The van der Waals surface area contributed by atoms with Gasteiger partial charge in [-0.3, -0.25) is 4.31 Å². The van der Waals surface area contributed by atoms with Gasteiger partial charge in [-0.05, 0) is 55.7 Å². The van der Waals surface area contributed by atoms with E-state index in [9.17, 15) is 13.5 Å². The number of nitrogens with one attached hydrogen (secondary N) is 1. The zero-order chi connectivity index (χ0) is 20.0. The van der Waals surface area contributed by atoms with Crippen LogP contribution in [0, 0.1) is 0 Å². The predicted molar refractivity (Wildman–Crippen MR) is 109 cm³/mol. The molecule has 6 nitrogen and oxygen atoms in total. The summed E-state index contributed by atoms with van der Waals surface area (Å²) in [7, 11) is -2.22. The normalized spacial score (nSPS) is 15.9. The number of aliphatic hydroxyl groups excluding tert-OH is 1. The molecule has 2 aromatic rings. The number of rotatable bonds is 8. The first-order valence-corrected chi connectivity index (χ1v) is 11.2. The molecule has 2 aromatic carbocycles. The number of aliphatic hydroxyl groups is 1. The average Bonchev–Trinajstić information content (AvgIpc) is 2.73. The fourth-order valence-corrected chi connectivity index (χ4v) is 5.18. The Bertz CT molecular complexity index is 841. The first-order valence-electron chi connectivity index (χ1n) is 9.74. The highest BCUT2D eigenvalue weighted by Crippen LogP contribution is 2.26. The van der Waals surface area contributed by atoms with Crippen LogP contribution in [0.3, 0.4) is 0 Å². The van der Waals surface area contributed by atoms with E-state index < -0.39 is 16.1 Å². The van der Waals surface area contributed by atoms with Gasteiger partial charge in [-0.1, -0.05) is 18.2 Å². The topological polar surface area (TPSA) is 71.3 Å². The summed E-state index contributed by atoms with van der Waals surface area (Å²) < 4.78 is 33.1. The standard InChI is InChI=1S/C21H28N2O4S.ClH/c1-27-20-12-10-18(11-13-20)23(28(25,26)21-8-4-2-5-9-21)17-19(24)16-22-14-6-3-7-15-22;/h2,4-5,8-13,19,24H,3,6-7,14-17H2,1H3;1H.